The number of ether oxygens (including phenoxy) is 2. The molecule has 1 aliphatic rings. The van der Waals surface area contributed by atoms with Crippen molar-refractivity contribution in [2.75, 3.05) is 27.2 Å². The summed E-state index contributed by atoms with van der Waals surface area (Å²) in [6.07, 6.45) is 0.244. The molecule has 1 saturated heterocycles. The number of hydrogen-bond acceptors (Lipinski definition) is 5. The number of likely N-dealkylation sites (tertiary alicyclic amines) is 1. The molecule has 1 rings (SSSR count). The van der Waals surface area contributed by atoms with E-state index in [1.807, 2.05) is 20.8 Å². The van der Waals surface area contributed by atoms with Crippen LogP contribution in [0, 0.1) is 5.92 Å². The lowest BCUT2D eigenvalue weighted by atomic mass is 9.92. The molecule has 6 nitrogen and oxygen atoms in total. The van der Waals surface area contributed by atoms with Crippen LogP contribution < -0.4 is 5.32 Å². The molecule has 0 aromatic rings. The summed E-state index contributed by atoms with van der Waals surface area (Å²) in [4.78, 5) is 25.3. The zero-order valence-corrected chi connectivity index (χ0v) is 12.4. The van der Waals surface area contributed by atoms with Gasteiger partial charge in [-0.25, -0.2) is 4.79 Å². The second-order valence-corrected chi connectivity index (χ2v) is 5.74. The van der Waals surface area contributed by atoms with Gasteiger partial charge in [-0.3, -0.25) is 4.79 Å². The Morgan fingerprint density at radius 2 is 1.95 bits per heavy atom. The zero-order chi connectivity index (χ0) is 14.6. The van der Waals surface area contributed by atoms with Crippen molar-refractivity contribution in [3.63, 3.8) is 0 Å². The van der Waals surface area contributed by atoms with Crippen LogP contribution in [-0.4, -0.2) is 55.9 Å². The first kappa shape index (κ1) is 15.8. The SMILES string of the molecule is CNC1CN(C(=O)OC(C)(C)C)CCC1C(=O)OC. The van der Waals surface area contributed by atoms with E-state index in [0.717, 1.165) is 0 Å². The third-order valence-corrected chi connectivity index (χ3v) is 3.14. The lowest BCUT2D eigenvalue weighted by Gasteiger charge is -2.37. The Kier molecular flexibility index (Phi) is 5.17. The first-order valence-corrected chi connectivity index (χ1v) is 6.51. The summed E-state index contributed by atoms with van der Waals surface area (Å²) in [6, 6.07) is -0.103. The lowest BCUT2D eigenvalue weighted by molar-refractivity contribution is -0.148. The van der Waals surface area contributed by atoms with E-state index in [1.54, 1.807) is 11.9 Å². The monoisotopic (exact) mass is 272 g/mol. The Morgan fingerprint density at radius 1 is 1.32 bits per heavy atom. The number of esters is 1. The average molecular weight is 272 g/mol. The van der Waals surface area contributed by atoms with Gasteiger partial charge in [0.15, 0.2) is 0 Å². The van der Waals surface area contributed by atoms with Crippen LogP contribution in [0.15, 0.2) is 0 Å². The van der Waals surface area contributed by atoms with Gasteiger partial charge in [0.2, 0.25) is 0 Å². The van der Waals surface area contributed by atoms with Crippen LogP contribution in [-0.2, 0) is 14.3 Å². The van der Waals surface area contributed by atoms with Gasteiger partial charge in [0.25, 0.3) is 0 Å². The summed E-state index contributed by atoms with van der Waals surface area (Å²) in [5.41, 5.74) is -0.509. The molecule has 1 amide bonds. The van der Waals surface area contributed by atoms with Crippen LogP contribution in [0.1, 0.15) is 27.2 Å². The van der Waals surface area contributed by atoms with Crippen molar-refractivity contribution in [2.45, 2.75) is 38.8 Å². The van der Waals surface area contributed by atoms with Crippen LogP contribution in [0.3, 0.4) is 0 Å². The van der Waals surface area contributed by atoms with Gasteiger partial charge in [0, 0.05) is 19.1 Å². The van der Waals surface area contributed by atoms with E-state index in [9.17, 15) is 9.59 Å². The highest BCUT2D eigenvalue weighted by Gasteiger charge is 2.36. The molecule has 1 aliphatic heterocycles. The molecule has 1 N–H and O–H groups in total. The van der Waals surface area contributed by atoms with E-state index < -0.39 is 5.60 Å². The predicted octanol–water partition coefficient (Wildman–Crippen LogP) is 1.00. The second kappa shape index (κ2) is 6.23. The molecule has 0 spiro atoms. The van der Waals surface area contributed by atoms with Gasteiger partial charge in [-0.05, 0) is 34.2 Å². The number of nitrogens with zero attached hydrogens (tertiary/aromatic N) is 1. The summed E-state index contributed by atoms with van der Waals surface area (Å²) in [5, 5.41) is 3.07. The van der Waals surface area contributed by atoms with Gasteiger partial charge < -0.3 is 19.7 Å². The smallest absolute Gasteiger partial charge is 0.410 e. The molecule has 6 heteroatoms. The Morgan fingerprint density at radius 3 is 2.42 bits per heavy atom. The van der Waals surface area contributed by atoms with Crippen molar-refractivity contribution in [3.05, 3.63) is 0 Å². The summed E-state index contributed by atoms with van der Waals surface area (Å²) in [5.74, 6) is -0.447. The van der Waals surface area contributed by atoms with Crippen molar-refractivity contribution < 1.29 is 19.1 Å². The third kappa shape index (κ3) is 4.38. The van der Waals surface area contributed by atoms with Gasteiger partial charge in [-0.2, -0.15) is 0 Å². The number of rotatable bonds is 2. The van der Waals surface area contributed by atoms with E-state index >= 15 is 0 Å². The molecule has 2 atom stereocenters. The van der Waals surface area contributed by atoms with Crippen molar-refractivity contribution in [3.8, 4) is 0 Å². The molecule has 19 heavy (non-hydrogen) atoms. The molecule has 0 bridgehead atoms. The average Bonchev–Trinajstić information content (AvgIpc) is 2.35. The van der Waals surface area contributed by atoms with Gasteiger partial charge in [0.1, 0.15) is 5.60 Å². The number of carbonyl (C=O) groups excluding carboxylic acids is 2. The summed E-state index contributed by atoms with van der Waals surface area (Å²) < 4.78 is 10.1. The zero-order valence-electron chi connectivity index (χ0n) is 12.4. The van der Waals surface area contributed by atoms with E-state index in [0.29, 0.717) is 19.5 Å². The molecule has 0 aliphatic carbocycles. The number of nitrogens with one attached hydrogen (secondary N) is 1. The third-order valence-electron chi connectivity index (χ3n) is 3.14. The minimum Gasteiger partial charge on any atom is -0.469 e. The molecule has 0 aromatic heterocycles. The van der Waals surface area contributed by atoms with Crippen molar-refractivity contribution in [1.82, 2.24) is 10.2 Å². The normalized spacial score (nSPS) is 23.9. The number of carbonyl (C=O) groups is 2. The Bertz CT molecular complexity index is 338. The lowest BCUT2D eigenvalue weighted by Crippen LogP contribution is -2.54. The van der Waals surface area contributed by atoms with Crippen molar-refractivity contribution >= 4 is 12.1 Å². The molecule has 1 heterocycles. The first-order chi connectivity index (χ1) is 8.78. The molecule has 0 radical (unpaired) electrons. The quantitative estimate of drug-likeness (QED) is 0.760. The number of methoxy groups -OCH3 is 1. The Hall–Kier alpha value is -1.30. The van der Waals surface area contributed by atoms with Gasteiger partial charge >= 0.3 is 12.1 Å². The van der Waals surface area contributed by atoms with E-state index in [1.165, 1.54) is 7.11 Å². The standard InChI is InChI=1S/C13H24N2O4/c1-13(2,3)19-12(17)15-7-6-9(11(16)18-5)10(8-15)14-4/h9-10,14H,6-8H2,1-5H3. The molecular formula is C13H24N2O4. The second-order valence-electron chi connectivity index (χ2n) is 5.74. The maximum absolute atomic E-state index is 12.0. The number of piperidine rings is 1. The minimum atomic E-state index is -0.509. The highest BCUT2D eigenvalue weighted by Crippen LogP contribution is 2.21. The van der Waals surface area contributed by atoms with Crippen LogP contribution in [0.5, 0.6) is 0 Å². The number of hydrogen-bond donors (Lipinski definition) is 1. The van der Waals surface area contributed by atoms with Crippen molar-refractivity contribution in [2.24, 2.45) is 5.92 Å². The Labute approximate surface area is 114 Å². The molecule has 110 valence electrons. The fourth-order valence-corrected chi connectivity index (χ4v) is 2.17. The molecular weight excluding hydrogens is 248 g/mol. The fraction of sp³-hybridized carbons (Fsp3) is 0.846. The molecule has 1 fully saturated rings. The predicted molar refractivity (Wildman–Crippen MR) is 70.8 cm³/mol. The Balaban J connectivity index is 2.64. The largest absolute Gasteiger partial charge is 0.469 e. The minimum absolute atomic E-state index is 0.103. The van der Waals surface area contributed by atoms with Gasteiger partial charge in [-0.15, -0.1) is 0 Å². The van der Waals surface area contributed by atoms with Crippen LogP contribution in [0.25, 0.3) is 0 Å². The summed E-state index contributed by atoms with van der Waals surface area (Å²) in [7, 11) is 3.16. The van der Waals surface area contributed by atoms with Crippen LogP contribution >= 0.6 is 0 Å². The highest BCUT2D eigenvalue weighted by atomic mass is 16.6. The number of likely N-dealkylation sites (N-methyl/N-ethyl adjacent to an activating group) is 1. The maximum atomic E-state index is 12.0. The van der Waals surface area contributed by atoms with E-state index in [2.05, 4.69) is 5.32 Å². The fourth-order valence-electron chi connectivity index (χ4n) is 2.17. The summed E-state index contributed by atoms with van der Waals surface area (Å²) in [6.45, 7) is 6.46. The van der Waals surface area contributed by atoms with E-state index in [4.69, 9.17) is 9.47 Å². The number of amides is 1. The molecule has 0 saturated carbocycles. The highest BCUT2D eigenvalue weighted by molar-refractivity contribution is 5.74. The van der Waals surface area contributed by atoms with Crippen molar-refractivity contribution in [1.29, 1.82) is 0 Å². The molecule has 2 unspecified atom stereocenters. The first-order valence-electron chi connectivity index (χ1n) is 6.51. The van der Waals surface area contributed by atoms with E-state index in [-0.39, 0.29) is 24.0 Å². The maximum Gasteiger partial charge on any atom is 0.410 e. The van der Waals surface area contributed by atoms with Crippen LogP contribution in [0.4, 0.5) is 4.79 Å². The molecule has 0 aromatic carbocycles. The topological polar surface area (TPSA) is 67.9 Å². The van der Waals surface area contributed by atoms with Gasteiger partial charge in [-0.1, -0.05) is 0 Å². The van der Waals surface area contributed by atoms with Crippen LogP contribution in [0.2, 0.25) is 0 Å². The summed E-state index contributed by atoms with van der Waals surface area (Å²) >= 11 is 0. The van der Waals surface area contributed by atoms with Gasteiger partial charge in [0.05, 0.1) is 13.0 Å².